The smallest absolute Gasteiger partial charge is 0.251 e. The number of anilines is 1. The molecule has 1 atom stereocenters. The average molecular weight is 554 g/mol. The Morgan fingerprint density at radius 1 is 1.05 bits per heavy atom. The van der Waals surface area contributed by atoms with Crippen molar-refractivity contribution < 1.29 is 14.3 Å². The van der Waals surface area contributed by atoms with Crippen LogP contribution in [0.25, 0.3) is 22.6 Å². The predicted octanol–water partition coefficient (Wildman–Crippen LogP) is 4.76. The number of aromatic nitrogens is 5. The standard InChI is InChI=1S/C31H35N7O3/c1-20(35-30(39)25-15-26(40-2)17-27(16-25)41-18-21-6-7-21)22-9-12-38(13-10-22)31-33-19-32-29(36-31)24-5-3-4-23(14-24)28-8-11-34-37-28/h3-5,8,11,14-17,19-22H,6-7,9-10,12-13,18H2,1-2H3,(H,34,37)(H,35,39). The Labute approximate surface area is 239 Å². The lowest BCUT2D eigenvalue weighted by atomic mass is 9.90. The van der Waals surface area contributed by atoms with E-state index >= 15 is 0 Å². The third-order valence-corrected chi connectivity index (χ3v) is 7.93. The van der Waals surface area contributed by atoms with Crippen LogP contribution in [-0.4, -0.2) is 63.9 Å². The molecule has 2 aromatic heterocycles. The van der Waals surface area contributed by atoms with E-state index in [-0.39, 0.29) is 11.9 Å². The largest absolute Gasteiger partial charge is 0.497 e. The van der Waals surface area contributed by atoms with Gasteiger partial charge in [0.1, 0.15) is 17.8 Å². The van der Waals surface area contributed by atoms with Crippen LogP contribution in [0, 0.1) is 11.8 Å². The molecule has 2 aromatic carbocycles. The zero-order chi connectivity index (χ0) is 28.2. The van der Waals surface area contributed by atoms with Gasteiger partial charge < -0.3 is 19.7 Å². The number of carbonyl (C=O) groups is 1. The zero-order valence-electron chi connectivity index (χ0n) is 23.4. The number of ether oxygens (including phenoxy) is 2. The van der Waals surface area contributed by atoms with Crippen LogP contribution in [-0.2, 0) is 0 Å². The van der Waals surface area contributed by atoms with Gasteiger partial charge in [-0.3, -0.25) is 9.89 Å². The molecule has 1 saturated carbocycles. The monoisotopic (exact) mass is 553 g/mol. The molecular weight excluding hydrogens is 518 g/mol. The van der Waals surface area contributed by atoms with Gasteiger partial charge in [0.15, 0.2) is 5.82 Å². The molecule has 1 amide bonds. The lowest BCUT2D eigenvalue weighted by molar-refractivity contribution is 0.0921. The van der Waals surface area contributed by atoms with Crippen LogP contribution in [0.5, 0.6) is 11.5 Å². The number of aromatic amines is 1. The molecule has 2 N–H and O–H groups in total. The van der Waals surface area contributed by atoms with Crippen LogP contribution >= 0.6 is 0 Å². The molecular formula is C31H35N7O3. The Kier molecular flexibility index (Phi) is 7.80. The van der Waals surface area contributed by atoms with Crippen LogP contribution < -0.4 is 19.7 Å². The first kappa shape index (κ1) is 26.7. The summed E-state index contributed by atoms with van der Waals surface area (Å²) < 4.78 is 11.3. The van der Waals surface area contributed by atoms with Crippen molar-refractivity contribution in [2.45, 2.75) is 38.6 Å². The Morgan fingerprint density at radius 2 is 1.85 bits per heavy atom. The van der Waals surface area contributed by atoms with Crippen LogP contribution in [0.15, 0.2) is 61.1 Å². The van der Waals surface area contributed by atoms with E-state index in [0.717, 1.165) is 42.8 Å². The van der Waals surface area contributed by atoms with Crippen molar-refractivity contribution in [1.29, 1.82) is 0 Å². The topological polar surface area (TPSA) is 118 Å². The maximum atomic E-state index is 13.2. The molecule has 0 bridgehead atoms. The number of nitrogens with one attached hydrogen (secondary N) is 2. The molecule has 0 radical (unpaired) electrons. The molecule has 1 unspecified atom stereocenters. The van der Waals surface area contributed by atoms with Gasteiger partial charge in [-0.1, -0.05) is 18.2 Å². The first-order valence-corrected chi connectivity index (χ1v) is 14.2. The van der Waals surface area contributed by atoms with Gasteiger partial charge in [0, 0.05) is 48.1 Å². The highest BCUT2D eigenvalue weighted by atomic mass is 16.5. The average Bonchev–Trinajstić information content (AvgIpc) is 3.69. The van der Waals surface area contributed by atoms with Crippen LogP contribution in [0.1, 0.15) is 43.0 Å². The molecule has 2 aliphatic rings. The van der Waals surface area contributed by atoms with Crippen molar-refractivity contribution in [3.05, 3.63) is 66.6 Å². The molecule has 41 heavy (non-hydrogen) atoms. The summed E-state index contributed by atoms with van der Waals surface area (Å²) in [6.45, 7) is 4.37. The lowest BCUT2D eigenvalue weighted by Crippen LogP contribution is -2.44. The van der Waals surface area contributed by atoms with Crippen molar-refractivity contribution in [2.75, 3.05) is 31.7 Å². The number of hydrogen-bond donors (Lipinski definition) is 2. The highest BCUT2D eigenvalue weighted by molar-refractivity contribution is 5.95. The summed E-state index contributed by atoms with van der Waals surface area (Å²) >= 11 is 0. The van der Waals surface area contributed by atoms with E-state index in [0.29, 0.717) is 47.3 Å². The van der Waals surface area contributed by atoms with Gasteiger partial charge in [-0.25, -0.2) is 9.97 Å². The number of piperidine rings is 1. The second kappa shape index (κ2) is 12.0. The minimum Gasteiger partial charge on any atom is -0.497 e. The van der Waals surface area contributed by atoms with E-state index in [9.17, 15) is 4.79 Å². The Bertz CT molecular complexity index is 1480. The van der Waals surface area contributed by atoms with Gasteiger partial charge in [-0.05, 0) is 68.7 Å². The fourth-order valence-corrected chi connectivity index (χ4v) is 5.23. The van der Waals surface area contributed by atoms with E-state index in [2.05, 4.69) is 37.3 Å². The fourth-order valence-electron chi connectivity index (χ4n) is 5.23. The van der Waals surface area contributed by atoms with E-state index in [1.165, 1.54) is 12.8 Å². The van der Waals surface area contributed by atoms with Gasteiger partial charge in [0.25, 0.3) is 5.91 Å². The molecule has 6 rings (SSSR count). The SMILES string of the molecule is COc1cc(OCC2CC2)cc(C(=O)NC(C)C2CCN(c3ncnc(-c4cccc(-c5cc[nH]n5)c4)n3)CC2)c1. The highest BCUT2D eigenvalue weighted by Gasteiger charge is 2.27. The number of H-pyrrole nitrogens is 1. The number of carbonyl (C=O) groups excluding carboxylic acids is 1. The minimum absolute atomic E-state index is 0.0189. The third-order valence-electron chi connectivity index (χ3n) is 7.93. The van der Waals surface area contributed by atoms with Gasteiger partial charge in [-0.15, -0.1) is 0 Å². The van der Waals surface area contributed by atoms with Crippen LogP contribution in [0.2, 0.25) is 0 Å². The predicted molar refractivity (Wildman–Crippen MR) is 156 cm³/mol. The molecule has 10 heteroatoms. The molecule has 0 spiro atoms. The number of amides is 1. The lowest BCUT2D eigenvalue weighted by Gasteiger charge is -2.35. The minimum atomic E-state index is -0.116. The zero-order valence-corrected chi connectivity index (χ0v) is 23.4. The number of methoxy groups -OCH3 is 1. The number of hydrogen-bond acceptors (Lipinski definition) is 8. The summed E-state index contributed by atoms with van der Waals surface area (Å²) in [6, 6.07) is 15.4. The van der Waals surface area contributed by atoms with Gasteiger partial charge in [-0.2, -0.15) is 10.1 Å². The van der Waals surface area contributed by atoms with Crippen molar-refractivity contribution in [2.24, 2.45) is 11.8 Å². The van der Waals surface area contributed by atoms with Gasteiger partial charge in [0.2, 0.25) is 5.95 Å². The second-order valence-corrected chi connectivity index (χ2v) is 10.9. The highest BCUT2D eigenvalue weighted by Crippen LogP contribution is 2.31. The van der Waals surface area contributed by atoms with Crippen molar-refractivity contribution >= 4 is 11.9 Å². The maximum absolute atomic E-state index is 13.2. The molecule has 10 nitrogen and oxygen atoms in total. The molecule has 3 heterocycles. The molecule has 4 aromatic rings. The van der Waals surface area contributed by atoms with E-state index in [1.807, 2.05) is 36.4 Å². The summed E-state index contributed by atoms with van der Waals surface area (Å²) in [7, 11) is 1.60. The normalized spacial score (nSPS) is 16.3. The maximum Gasteiger partial charge on any atom is 0.251 e. The number of benzene rings is 2. The van der Waals surface area contributed by atoms with Gasteiger partial charge in [0.05, 0.1) is 19.4 Å². The summed E-state index contributed by atoms with van der Waals surface area (Å²) in [5.74, 6) is 3.46. The quantitative estimate of drug-likeness (QED) is 0.289. The Balaban J connectivity index is 1.06. The first-order valence-electron chi connectivity index (χ1n) is 14.2. The summed E-state index contributed by atoms with van der Waals surface area (Å²) in [5.41, 5.74) is 3.34. The van der Waals surface area contributed by atoms with E-state index in [1.54, 1.807) is 31.8 Å². The van der Waals surface area contributed by atoms with E-state index in [4.69, 9.17) is 14.5 Å². The van der Waals surface area contributed by atoms with Crippen molar-refractivity contribution in [1.82, 2.24) is 30.5 Å². The first-order chi connectivity index (χ1) is 20.1. The van der Waals surface area contributed by atoms with Crippen LogP contribution in [0.4, 0.5) is 5.95 Å². The van der Waals surface area contributed by atoms with E-state index < -0.39 is 0 Å². The Morgan fingerprint density at radius 3 is 2.61 bits per heavy atom. The molecule has 1 saturated heterocycles. The number of nitrogens with zero attached hydrogens (tertiary/aromatic N) is 5. The molecule has 212 valence electrons. The van der Waals surface area contributed by atoms with Gasteiger partial charge >= 0.3 is 0 Å². The number of rotatable bonds is 10. The van der Waals surface area contributed by atoms with Crippen LogP contribution in [0.3, 0.4) is 0 Å². The summed E-state index contributed by atoms with van der Waals surface area (Å²) in [4.78, 5) is 29.0. The van der Waals surface area contributed by atoms with Crippen molar-refractivity contribution in [3.8, 4) is 34.1 Å². The summed E-state index contributed by atoms with van der Waals surface area (Å²) in [6.07, 6.45) is 7.64. The van der Waals surface area contributed by atoms with Crippen molar-refractivity contribution in [3.63, 3.8) is 0 Å². The second-order valence-electron chi connectivity index (χ2n) is 10.9. The molecule has 1 aliphatic heterocycles. The molecule has 2 fully saturated rings. The summed E-state index contributed by atoms with van der Waals surface area (Å²) in [5, 5.41) is 10.3. The fraction of sp³-hybridized carbons (Fsp3) is 0.387. The molecule has 1 aliphatic carbocycles. The third kappa shape index (κ3) is 6.48. The Hall–Kier alpha value is -4.47.